The monoisotopic (exact) mass is 1540 g/mol. The summed E-state index contributed by atoms with van der Waals surface area (Å²) >= 11 is 0. The van der Waals surface area contributed by atoms with E-state index in [-0.39, 0.29) is 25.7 Å². The number of rotatable bonds is 84. The van der Waals surface area contributed by atoms with Crippen LogP contribution in [-0.4, -0.2) is 96.7 Å². The van der Waals surface area contributed by atoms with Gasteiger partial charge in [-0.25, -0.2) is 9.13 Å². The van der Waals surface area contributed by atoms with Gasteiger partial charge in [0.1, 0.15) is 19.3 Å². The van der Waals surface area contributed by atoms with Gasteiger partial charge in [-0.3, -0.25) is 37.3 Å². The van der Waals surface area contributed by atoms with Crippen molar-refractivity contribution in [2.24, 2.45) is 17.8 Å². The van der Waals surface area contributed by atoms with E-state index in [9.17, 15) is 43.2 Å². The van der Waals surface area contributed by atoms with Gasteiger partial charge in [0.15, 0.2) is 12.2 Å². The fourth-order valence-electron chi connectivity index (χ4n) is 13.4. The minimum Gasteiger partial charge on any atom is -0.462 e. The van der Waals surface area contributed by atoms with Gasteiger partial charge in [-0.05, 0) is 43.4 Å². The molecular formula is C86H168O17P2. The van der Waals surface area contributed by atoms with Crippen LogP contribution in [0.15, 0.2) is 0 Å². The number of phosphoric acid groups is 2. The highest BCUT2D eigenvalue weighted by Gasteiger charge is 2.30. The number of aliphatic hydroxyl groups excluding tert-OH is 1. The van der Waals surface area contributed by atoms with Crippen LogP contribution >= 0.6 is 15.6 Å². The number of unbranched alkanes of at least 4 members (excludes halogenated alkanes) is 52. The summed E-state index contributed by atoms with van der Waals surface area (Å²) in [5.74, 6) is 0.168. The minimum atomic E-state index is -4.97. The first-order valence-corrected chi connectivity index (χ1v) is 47.3. The second-order valence-electron chi connectivity index (χ2n) is 32.4. The van der Waals surface area contributed by atoms with Crippen molar-refractivity contribution in [3.05, 3.63) is 0 Å². The zero-order valence-electron chi connectivity index (χ0n) is 69.2. The summed E-state index contributed by atoms with van der Waals surface area (Å²) in [6.45, 7) is 11.9. The molecule has 0 fully saturated rings. The molecule has 0 radical (unpaired) electrons. The summed E-state index contributed by atoms with van der Waals surface area (Å²) in [5, 5.41) is 10.7. The second-order valence-corrected chi connectivity index (χ2v) is 35.3. The Bertz CT molecular complexity index is 2030. The van der Waals surface area contributed by atoms with E-state index in [1.165, 1.54) is 257 Å². The average Bonchev–Trinajstić information content (AvgIpc) is 0.961. The molecular weight excluding hydrogens is 1370 g/mol. The van der Waals surface area contributed by atoms with Crippen molar-refractivity contribution in [1.29, 1.82) is 0 Å². The minimum absolute atomic E-state index is 0.106. The SMILES string of the molecule is CCCCCCCCCCCCCCCCCCCCCCC(=O)OC[C@H](COP(=O)(O)OC[C@@H](O)COP(=O)(O)OC[C@@H](COC(=O)CCCCCCCCC(C)C)OC(=O)CCCCCCCCCCCCCCC(C)C)OC(=O)CCCCCCCCCCCCCCCCCCCCC(C)C. The fourth-order valence-corrected chi connectivity index (χ4v) is 14.9. The van der Waals surface area contributed by atoms with Crippen molar-refractivity contribution in [3.63, 3.8) is 0 Å². The highest BCUT2D eigenvalue weighted by atomic mass is 31.2. The highest BCUT2D eigenvalue weighted by Crippen LogP contribution is 2.45. The molecule has 3 N–H and O–H groups in total. The molecule has 0 aliphatic rings. The van der Waals surface area contributed by atoms with E-state index >= 15 is 0 Å². The molecule has 0 aliphatic heterocycles. The topological polar surface area (TPSA) is 237 Å². The lowest BCUT2D eigenvalue weighted by Gasteiger charge is -2.21. The summed E-state index contributed by atoms with van der Waals surface area (Å²) in [7, 11) is -9.93. The van der Waals surface area contributed by atoms with Gasteiger partial charge in [-0.15, -0.1) is 0 Å². The third kappa shape index (κ3) is 79.9. The van der Waals surface area contributed by atoms with E-state index in [1.54, 1.807) is 0 Å². The van der Waals surface area contributed by atoms with Gasteiger partial charge in [-0.2, -0.15) is 0 Å². The fraction of sp³-hybridized carbons (Fsp3) is 0.953. The largest absolute Gasteiger partial charge is 0.472 e. The lowest BCUT2D eigenvalue weighted by atomic mass is 10.0. The van der Waals surface area contributed by atoms with Crippen LogP contribution in [0.5, 0.6) is 0 Å². The number of esters is 4. The van der Waals surface area contributed by atoms with Crippen LogP contribution in [-0.2, 0) is 65.4 Å². The lowest BCUT2D eigenvalue weighted by molar-refractivity contribution is -0.161. The molecule has 105 heavy (non-hydrogen) atoms. The number of aliphatic hydroxyl groups is 1. The maximum Gasteiger partial charge on any atom is 0.472 e. The van der Waals surface area contributed by atoms with Gasteiger partial charge in [0.05, 0.1) is 26.4 Å². The first-order chi connectivity index (χ1) is 50.7. The second kappa shape index (κ2) is 76.1. The Hall–Kier alpha value is -1.94. The van der Waals surface area contributed by atoms with Crippen LogP contribution in [0.3, 0.4) is 0 Å². The highest BCUT2D eigenvalue weighted by molar-refractivity contribution is 7.47. The van der Waals surface area contributed by atoms with Gasteiger partial charge >= 0.3 is 39.5 Å². The van der Waals surface area contributed by atoms with Crippen LogP contribution in [0.25, 0.3) is 0 Å². The summed E-state index contributed by atoms with van der Waals surface area (Å²) in [6, 6.07) is 0. The van der Waals surface area contributed by atoms with Gasteiger partial charge < -0.3 is 33.8 Å². The third-order valence-electron chi connectivity index (χ3n) is 20.1. The Morgan fingerprint density at radius 3 is 0.648 bits per heavy atom. The number of carbonyl (C=O) groups is 4. The molecule has 0 aliphatic carbocycles. The Morgan fingerprint density at radius 2 is 0.438 bits per heavy atom. The molecule has 0 spiro atoms. The van der Waals surface area contributed by atoms with E-state index in [4.69, 9.17) is 37.0 Å². The maximum absolute atomic E-state index is 13.1. The molecule has 0 heterocycles. The zero-order chi connectivity index (χ0) is 77.2. The number of ether oxygens (including phenoxy) is 4. The number of hydrogen-bond donors (Lipinski definition) is 3. The predicted molar refractivity (Wildman–Crippen MR) is 432 cm³/mol. The van der Waals surface area contributed by atoms with Crippen LogP contribution in [0, 0.1) is 17.8 Å². The molecule has 0 rings (SSSR count). The first-order valence-electron chi connectivity index (χ1n) is 44.3. The molecule has 624 valence electrons. The molecule has 0 amide bonds. The molecule has 17 nitrogen and oxygen atoms in total. The van der Waals surface area contributed by atoms with Crippen molar-refractivity contribution in [2.45, 2.75) is 471 Å². The van der Waals surface area contributed by atoms with Crippen LogP contribution in [0.2, 0.25) is 0 Å². The van der Waals surface area contributed by atoms with Crippen molar-refractivity contribution < 1.29 is 80.2 Å². The smallest absolute Gasteiger partial charge is 0.462 e. The zero-order valence-corrected chi connectivity index (χ0v) is 71.0. The van der Waals surface area contributed by atoms with Crippen molar-refractivity contribution in [2.75, 3.05) is 39.6 Å². The molecule has 0 saturated carbocycles. The first kappa shape index (κ1) is 103. The standard InChI is InChI=1S/C86H168O17P2/c1-8-9-10-11-12-13-14-15-16-17-18-19-23-26-29-35-40-45-53-60-67-83(88)96-73-81(102-85(90)69-62-55-46-41-36-30-27-24-21-20-22-25-28-33-38-43-50-57-64-77(2)3)75-100-104(92,93)98-71-80(87)72-99-105(94,95)101-76-82(74-97-84(89)68-61-54-49-48-52-59-66-79(6)7)103-86(91)70-63-56-47-42-37-32-31-34-39-44-51-58-65-78(4)5/h77-82,87H,8-76H2,1-7H3,(H,92,93)(H,94,95)/t80-,81-,82-/m1/s1. The third-order valence-corrected chi connectivity index (χ3v) is 22.0. The Morgan fingerprint density at radius 1 is 0.257 bits per heavy atom. The molecule has 0 bridgehead atoms. The van der Waals surface area contributed by atoms with Crippen molar-refractivity contribution >= 4 is 39.5 Å². The summed E-state index contributed by atoms with van der Waals surface area (Å²) < 4.78 is 68.8. The number of carbonyl (C=O) groups excluding carboxylic acids is 4. The Kier molecular flexibility index (Phi) is 74.7. The normalized spacial score (nSPS) is 13.9. The van der Waals surface area contributed by atoms with Gasteiger partial charge in [0.25, 0.3) is 0 Å². The van der Waals surface area contributed by atoms with Crippen molar-refractivity contribution in [1.82, 2.24) is 0 Å². The number of hydrogen-bond acceptors (Lipinski definition) is 15. The maximum atomic E-state index is 13.1. The molecule has 2 unspecified atom stereocenters. The van der Waals surface area contributed by atoms with Gasteiger partial charge in [-0.1, -0.05) is 402 Å². The summed E-state index contributed by atoms with van der Waals surface area (Å²) in [5.41, 5.74) is 0. The quantitative estimate of drug-likeness (QED) is 0.0222. The molecule has 0 aromatic rings. The lowest BCUT2D eigenvalue weighted by Crippen LogP contribution is -2.30. The predicted octanol–water partition coefficient (Wildman–Crippen LogP) is 26.1. The Balaban J connectivity index is 5.21. The Labute approximate surface area is 645 Å². The van der Waals surface area contributed by atoms with E-state index in [0.29, 0.717) is 31.6 Å². The van der Waals surface area contributed by atoms with Crippen molar-refractivity contribution in [3.8, 4) is 0 Å². The summed E-state index contributed by atoms with van der Waals surface area (Å²) in [6.07, 6.45) is 67.0. The van der Waals surface area contributed by atoms with E-state index < -0.39 is 97.5 Å². The molecule has 0 aromatic heterocycles. The van der Waals surface area contributed by atoms with Gasteiger partial charge in [0, 0.05) is 25.7 Å². The molecule has 0 aromatic carbocycles. The van der Waals surface area contributed by atoms with Gasteiger partial charge in [0.2, 0.25) is 0 Å². The average molecular weight is 1540 g/mol. The van der Waals surface area contributed by atoms with Crippen LogP contribution < -0.4 is 0 Å². The number of phosphoric ester groups is 2. The van der Waals surface area contributed by atoms with Crippen LogP contribution in [0.4, 0.5) is 0 Å². The van der Waals surface area contributed by atoms with E-state index in [0.717, 1.165) is 108 Å². The molecule has 5 atom stereocenters. The van der Waals surface area contributed by atoms with E-state index in [1.807, 2.05) is 0 Å². The summed E-state index contributed by atoms with van der Waals surface area (Å²) in [4.78, 5) is 73.1. The molecule has 19 heteroatoms. The van der Waals surface area contributed by atoms with E-state index in [2.05, 4.69) is 48.5 Å². The molecule has 0 saturated heterocycles. The van der Waals surface area contributed by atoms with Crippen LogP contribution in [0.1, 0.15) is 453 Å².